The van der Waals surface area contributed by atoms with Gasteiger partial charge in [0.1, 0.15) is 11.9 Å². The number of carbonyl (C=O) groups excluding carboxylic acids is 1. The second-order valence-electron chi connectivity index (χ2n) is 2.91. The maximum atomic E-state index is 13.1. The maximum Gasteiger partial charge on any atom is 0.310 e. The summed E-state index contributed by atoms with van der Waals surface area (Å²) in [5.74, 6) is -1.01. The first-order valence-electron chi connectivity index (χ1n) is 4.51. The first-order chi connectivity index (χ1) is 7.17. The van der Waals surface area contributed by atoms with Crippen LogP contribution in [0.1, 0.15) is 18.1 Å². The minimum atomic E-state index is -0.612. The minimum absolute atomic E-state index is 0.0243. The van der Waals surface area contributed by atoms with Crippen molar-refractivity contribution < 1.29 is 13.9 Å². The molecule has 15 heavy (non-hydrogen) atoms. The molecule has 0 N–H and O–H groups in total. The predicted octanol–water partition coefficient (Wildman–Crippen LogP) is 1.80. The van der Waals surface area contributed by atoms with E-state index in [1.54, 1.807) is 19.1 Å². The molecule has 0 saturated carbocycles. The molecule has 0 aromatic heterocycles. The van der Waals surface area contributed by atoms with Gasteiger partial charge in [-0.05, 0) is 24.6 Å². The summed E-state index contributed by atoms with van der Waals surface area (Å²) >= 11 is 0. The first-order valence-corrected chi connectivity index (χ1v) is 4.51. The molecule has 3 nitrogen and oxygen atoms in total. The second-order valence-corrected chi connectivity index (χ2v) is 2.91. The lowest BCUT2D eigenvalue weighted by molar-refractivity contribution is -0.142. The Kier molecular flexibility index (Phi) is 3.81. The van der Waals surface area contributed by atoms with Crippen molar-refractivity contribution in [3.8, 4) is 6.07 Å². The summed E-state index contributed by atoms with van der Waals surface area (Å²) in [6.45, 7) is 2.01. The van der Waals surface area contributed by atoms with Gasteiger partial charge in [-0.25, -0.2) is 4.39 Å². The Hall–Kier alpha value is -1.89. The molecule has 0 fully saturated rings. The number of nitriles is 1. The van der Waals surface area contributed by atoms with Gasteiger partial charge in [0.15, 0.2) is 0 Å². The van der Waals surface area contributed by atoms with E-state index in [-0.39, 0.29) is 12.0 Å². The summed E-state index contributed by atoms with van der Waals surface area (Å²) in [7, 11) is 0. The molecule has 0 aliphatic rings. The molecular formula is C11H10FNO2. The van der Waals surface area contributed by atoms with Gasteiger partial charge in [0.05, 0.1) is 18.6 Å². The van der Waals surface area contributed by atoms with E-state index in [9.17, 15) is 9.18 Å². The van der Waals surface area contributed by atoms with E-state index in [2.05, 4.69) is 0 Å². The minimum Gasteiger partial charge on any atom is -0.466 e. The summed E-state index contributed by atoms with van der Waals surface area (Å²) in [4.78, 5) is 11.1. The molecule has 0 aliphatic heterocycles. The Morgan fingerprint density at radius 3 is 2.87 bits per heavy atom. The van der Waals surface area contributed by atoms with E-state index in [0.717, 1.165) is 0 Å². The molecule has 0 bridgehead atoms. The summed E-state index contributed by atoms with van der Waals surface area (Å²) < 4.78 is 17.8. The van der Waals surface area contributed by atoms with Crippen LogP contribution in [0.2, 0.25) is 0 Å². The van der Waals surface area contributed by atoms with E-state index in [1.165, 1.54) is 12.1 Å². The fourth-order valence-electron chi connectivity index (χ4n) is 1.14. The van der Waals surface area contributed by atoms with Gasteiger partial charge in [-0.2, -0.15) is 5.26 Å². The predicted molar refractivity (Wildman–Crippen MR) is 51.5 cm³/mol. The molecule has 0 saturated heterocycles. The average molecular weight is 207 g/mol. The molecule has 0 spiro atoms. The third kappa shape index (κ3) is 3.06. The van der Waals surface area contributed by atoms with Crippen molar-refractivity contribution in [2.75, 3.05) is 6.61 Å². The second kappa shape index (κ2) is 5.11. The van der Waals surface area contributed by atoms with Crippen LogP contribution in [0.3, 0.4) is 0 Å². The summed E-state index contributed by atoms with van der Waals surface area (Å²) in [6, 6.07) is 5.78. The van der Waals surface area contributed by atoms with Crippen LogP contribution in [0, 0.1) is 17.1 Å². The molecule has 0 atom stereocenters. The molecule has 0 aliphatic carbocycles. The smallest absolute Gasteiger partial charge is 0.310 e. The van der Waals surface area contributed by atoms with Crippen LogP contribution < -0.4 is 0 Å². The maximum absolute atomic E-state index is 13.1. The highest BCUT2D eigenvalue weighted by Gasteiger charge is 2.07. The zero-order chi connectivity index (χ0) is 11.3. The zero-order valence-electron chi connectivity index (χ0n) is 8.29. The Balaban J connectivity index is 2.76. The van der Waals surface area contributed by atoms with Gasteiger partial charge in [-0.3, -0.25) is 4.79 Å². The van der Waals surface area contributed by atoms with Crippen LogP contribution in [-0.2, 0) is 16.0 Å². The zero-order valence-corrected chi connectivity index (χ0v) is 8.29. The van der Waals surface area contributed by atoms with Crippen molar-refractivity contribution in [1.29, 1.82) is 5.26 Å². The van der Waals surface area contributed by atoms with E-state index >= 15 is 0 Å². The number of hydrogen-bond donors (Lipinski definition) is 0. The van der Waals surface area contributed by atoms with Gasteiger partial charge >= 0.3 is 5.97 Å². The number of nitrogens with zero attached hydrogens (tertiary/aromatic N) is 1. The lowest BCUT2D eigenvalue weighted by atomic mass is 10.1. The number of ether oxygens (including phenoxy) is 1. The van der Waals surface area contributed by atoms with Crippen LogP contribution in [0.15, 0.2) is 18.2 Å². The van der Waals surface area contributed by atoms with Crippen LogP contribution in [-0.4, -0.2) is 12.6 Å². The molecule has 1 aromatic carbocycles. The first kappa shape index (κ1) is 11.2. The van der Waals surface area contributed by atoms with E-state index in [0.29, 0.717) is 12.2 Å². The number of rotatable bonds is 3. The molecule has 0 radical (unpaired) electrons. The fourth-order valence-corrected chi connectivity index (χ4v) is 1.14. The molecule has 1 aromatic rings. The molecule has 0 heterocycles. The third-order valence-corrected chi connectivity index (χ3v) is 1.81. The van der Waals surface area contributed by atoms with E-state index in [1.807, 2.05) is 0 Å². The average Bonchev–Trinajstić information content (AvgIpc) is 2.18. The number of hydrogen-bond acceptors (Lipinski definition) is 3. The monoisotopic (exact) mass is 207 g/mol. The van der Waals surface area contributed by atoms with Crippen molar-refractivity contribution in [1.82, 2.24) is 0 Å². The Morgan fingerprint density at radius 1 is 1.60 bits per heavy atom. The van der Waals surface area contributed by atoms with Gasteiger partial charge in [-0.15, -0.1) is 0 Å². The Morgan fingerprint density at radius 2 is 2.33 bits per heavy atom. The van der Waals surface area contributed by atoms with E-state index in [4.69, 9.17) is 10.00 Å². The van der Waals surface area contributed by atoms with Crippen molar-refractivity contribution in [3.05, 3.63) is 35.1 Å². The molecule has 0 unspecified atom stereocenters. The van der Waals surface area contributed by atoms with Crippen molar-refractivity contribution in [3.63, 3.8) is 0 Å². The third-order valence-electron chi connectivity index (χ3n) is 1.81. The number of carbonyl (C=O) groups is 1. The molecule has 1 rings (SSSR count). The number of benzene rings is 1. The SMILES string of the molecule is CCOC(=O)Cc1ccc(C#N)c(F)c1. The molecule has 4 heteroatoms. The highest BCUT2D eigenvalue weighted by Crippen LogP contribution is 2.10. The molecule has 78 valence electrons. The standard InChI is InChI=1S/C11H10FNO2/c1-2-15-11(14)6-8-3-4-9(7-13)10(12)5-8/h3-5H,2,6H2,1H3. The largest absolute Gasteiger partial charge is 0.466 e. The van der Waals surface area contributed by atoms with Crippen molar-refractivity contribution in [2.45, 2.75) is 13.3 Å². The van der Waals surface area contributed by atoms with Gasteiger partial charge in [-0.1, -0.05) is 6.07 Å². The highest BCUT2D eigenvalue weighted by molar-refractivity contribution is 5.72. The van der Waals surface area contributed by atoms with E-state index < -0.39 is 11.8 Å². The Labute approximate surface area is 87.1 Å². The van der Waals surface area contributed by atoms with Crippen LogP contribution >= 0.6 is 0 Å². The van der Waals surface area contributed by atoms with Crippen molar-refractivity contribution >= 4 is 5.97 Å². The molecule has 0 amide bonds. The quantitative estimate of drug-likeness (QED) is 0.710. The molecular weight excluding hydrogens is 197 g/mol. The lowest BCUT2D eigenvalue weighted by Crippen LogP contribution is -2.07. The summed E-state index contributed by atoms with van der Waals surface area (Å²) in [6.07, 6.45) is 0.0243. The highest BCUT2D eigenvalue weighted by atomic mass is 19.1. The summed E-state index contributed by atoms with van der Waals surface area (Å²) in [5, 5.41) is 8.49. The van der Waals surface area contributed by atoms with Gasteiger partial charge in [0.2, 0.25) is 0 Å². The topological polar surface area (TPSA) is 50.1 Å². The fraction of sp³-hybridized carbons (Fsp3) is 0.273. The lowest BCUT2D eigenvalue weighted by Gasteiger charge is -2.02. The van der Waals surface area contributed by atoms with Crippen LogP contribution in [0.5, 0.6) is 0 Å². The number of halogens is 1. The number of esters is 1. The summed E-state index contributed by atoms with van der Waals surface area (Å²) in [5.41, 5.74) is 0.479. The Bertz CT molecular complexity index is 410. The van der Waals surface area contributed by atoms with Gasteiger partial charge in [0, 0.05) is 0 Å². The normalized spacial score (nSPS) is 9.40. The van der Waals surface area contributed by atoms with Crippen molar-refractivity contribution in [2.24, 2.45) is 0 Å². The van der Waals surface area contributed by atoms with Crippen LogP contribution in [0.25, 0.3) is 0 Å². The van der Waals surface area contributed by atoms with Gasteiger partial charge in [0.25, 0.3) is 0 Å². The van der Waals surface area contributed by atoms with Crippen LogP contribution in [0.4, 0.5) is 4.39 Å². The van der Waals surface area contributed by atoms with Gasteiger partial charge < -0.3 is 4.74 Å².